The van der Waals surface area contributed by atoms with Gasteiger partial charge in [-0.2, -0.15) is 0 Å². The molecule has 30 heavy (non-hydrogen) atoms. The summed E-state index contributed by atoms with van der Waals surface area (Å²) in [5.74, 6) is -0.0910. The van der Waals surface area contributed by atoms with Crippen molar-refractivity contribution in [1.29, 1.82) is 0 Å². The van der Waals surface area contributed by atoms with Gasteiger partial charge < -0.3 is 14.6 Å². The molecule has 1 unspecified atom stereocenters. The number of benzene rings is 2. The number of thioether (sulfide) groups is 1. The fourth-order valence-corrected chi connectivity index (χ4v) is 3.87. The molecule has 0 aliphatic heterocycles. The first-order chi connectivity index (χ1) is 14.5. The summed E-state index contributed by atoms with van der Waals surface area (Å²) in [6.07, 6.45) is 0. The topological polar surface area (TPSA) is 86.5 Å². The first kappa shape index (κ1) is 21.8. The van der Waals surface area contributed by atoms with Crippen LogP contribution in [-0.4, -0.2) is 39.6 Å². The van der Waals surface area contributed by atoms with Crippen molar-refractivity contribution in [3.8, 4) is 5.75 Å². The number of halogens is 1. The monoisotopic (exact) mass is 431 g/mol. The zero-order chi connectivity index (χ0) is 21.5. The molecule has 9 heteroatoms. The van der Waals surface area contributed by atoms with Gasteiger partial charge in [-0.3, -0.25) is 4.57 Å². The van der Waals surface area contributed by atoms with Crippen LogP contribution in [0.25, 0.3) is 0 Å². The minimum absolute atomic E-state index is 0.0545. The third-order valence-electron chi connectivity index (χ3n) is 4.35. The summed E-state index contributed by atoms with van der Waals surface area (Å²) in [4.78, 5) is 11.0. The van der Waals surface area contributed by atoms with E-state index in [9.17, 15) is 9.18 Å². The van der Waals surface area contributed by atoms with Crippen LogP contribution in [0.15, 0.2) is 53.7 Å². The molecule has 0 radical (unpaired) electrons. The van der Waals surface area contributed by atoms with Crippen LogP contribution in [0, 0.1) is 5.82 Å². The molecule has 1 aromatic heterocycles. The van der Waals surface area contributed by atoms with Gasteiger partial charge in [-0.05, 0) is 36.8 Å². The highest BCUT2D eigenvalue weighted by molar-refractivity contribution is 7.98. The van der Waals surface area contributed by atoms with Crippen molar-refractivity contribution < 1.29 is 23.8 Å². The molecule has 1 heterocycles. The Morgan fingerprint density at radius 1 is 1.20 bits per heavy atom. The predicted molar refractivity (Wildman–Crippen MR) is 110 cm³/mol. The second-order valence-corrected chi connectivity index (χ2v) is 7.53. The molecule has 2 aromatic carbocycles. The molecule has 3 rings (SSSR count). The lowest BCUT2D eigenvalue weighted by molar-refractivity contribution is 0.0697. The third kappa shape index (κ3) is 5.37. The molecule has 0 aliphatic carbocycles. The van der Waals surface area contributed by atoms with E-state index in [0.717, 1.165) is 5.56 Å². The van der Waals surface area contributed by atoms with Gasteiger partial charge in [0, 0.05) is 12.9 Å². The average molecular weight is 431 g/mol. The minimum Gasteiger partial charge on any atom is -0.483 e. The molecule has 158 valence electrons. The average Bonchev–Trinajstić information content (AvgIpc) is 3.15. The van der Waals surface area contributed by atoms with Crippen LogP contribution in [0.2, 0.25) is 0 Å². The Labute approximate surface area is 177 Å². The number of ether oxygens (including phenoxy) is 2. The van der Waals surface area contributed by atoms with Gasteiger partial charge in [0.05, 0.1) is 18.2 Å². The zero-order valence-electron chi connectivity index (χ0n) is 16.6. The summed E-state index contributed by atoms with van der Waals surface area (Å²) in [7, 11) is 1.62. The number of carboxylic acids is 1. The molecule has 0 saturated carbocycles. The van der Waals surface area contributed by atoms with E-state index in [1.165, 1.54) is 17.8 Å². The molecule has 0 saturated heterocycles. The quantitative estimate of drug-likeness (QED) is 0.482. The van der Waals surface area contributed by atoms with Crippen LogP contribution < -0.4 is 4.74 Å². The fourth-order valence-electron chi connectivity index (χ4n) is 2.86. The van der Waals surface area contributed by atoms with Crippen molar-refractivity contribution in [3.63, 3.8) is 0 Å². The zero-order valence-corrected chi connectivity index (χ0v) is 17.4. The van der Waals surface area contributed by atoms with Crippen molar-refractivity contribution in [1.82, 2.24) is 14.8 Å². The van der Waals surface area contributed by atoms with Gasteiger partial charge in [-0.1, -0.05) is 36.0 Å². The summed E-state index contributed by atoms with van der Waals surface area (Å²) >= 11 is 1.47. The number of carbonyl (C=O) groups is 1. The van der Waals surface area contributed by atoms with E-state index in [1.807, 2.05) is 11.5 Å². The number of para-hydroxylation sites is 1. The van der Waals surface area contributed by atoms with Gasteiger partial charge in [0.25, 0.3) is 0 Å². The molecule has 0 fully saturated rings. The first-order valence-corrected chi connectivity index (χ1v) is 10.2. The van der Waals surface area contributed by atoms with E-state index in [1.54, 1.807) is 49.6 Å². The number of methoxy groups -OCH3 is 1. The number of rotatable bonds is 10. The van der Waals surface area contributed by atoms with Gasteiger partial charge in [-0.15, -0.1) is 10.2 Å². The summed E-state index contributed by atoms with van der Waals surface area (Å²) in [6.45, 7) is 2.49. The maximum Gasteiger partial charge on any atom is 0.335 e. The Balaban J connectivity index is 1.75. The molecule has 1 N–H and O–H groups in total. The summed E-state index contributed by atoms with van der Waals surface area (Å²) in [5.41, 5.74) is 1.20. The first-order valence-electron chi connectivity index (χ1n) is 9.24. The normalized spacial score (nSPS) is 12.0. The van der Waals surface area contributed by atoms with Gasteiger partial charge in [0.1, 0.15) is 6.61 Å². The lowest BCUT2D eigenvalue weighted by atomic mass is 10.1. The van der Waals surface area contributed by atoms with Crippen molar-refractivity contribution in [2.24, 2.45) is 0 Å². The number of hydrogen-bond donors (Lipinski definition) is 1. The SMILES string of the molecule is COCC(C)n1c(COc2ccccc2F)nnc1SCc1ccc(C(=O)O)cc1. The van der Waals surface area contributed by atoms with Gasteiger partial charge in [0.2, 0.25) is 0 Å². The predicted octanol–water partition coefficient (Wildman–Crippen LogP) is 4.19. The van der Waals surface area contributed by atoms with Crippen LogP contribution >= 0.6 is 11.8 Å². The second kappa shape index (κ2) is 10.2. The van der Waals surface area contributed by atoms with Crippen LogP contribution in [0.3, 0.4) is 0 Å². The lowest BCUT2D eigenvalue weighted by Crippen LogP contribution is -2.16. The smallest absolute Gasteiger partial charge is 0.335 e. The van der Waals surface area contributed by atoms with Crippen LogP contribution in [0.1, 0.15) is 34.7 Å². The number of nitrogens with zero attached hydrogens (tertiary/aromatic N) is 3. The van der Waals surface area contributed by atoms with E-state index in [4.69, 9.17) is 14.6 Å². The minimum atomic E-state index is -0.957. The Kier molecular flexibility index (Phi) is 7.42. The maximum atomic E-state index is 13.8. The van der Waals surface area contributed by atoms with E-state index in [2.05, 4.69) is 10.2 Å². The van der Waals surface area contributed by atoms with E-state index in [0.29, 0.717) is 23.3 Å². The van der Waals surface area contributed by atoms with Crippen molar-refractivity contribution in [3.05, 3.63) is 71.3 Å². The summed E-state index contributed by atoms with van der Waals surface area (Å²) in [6, 6.07) is 12.8. The van der Waals surface area contributed by atoms with Crippen molar-refractivity contribution >= 4 is 17.7 Å². The highest BCUT2D eigenvalue weighted by Crippen LogP contribution is 2.26. The molecular weight excluding hydrogens is 409 g/mol. The fraction of sp³-hybridized carbons (Fsp3) is 0.286. The molecule has 0 bridgehead atoms. The van der Waals surface area contributed by atoms with E-state index in [-0.39, 0.29) is 24.0 Å². The molecule has 0 amide bonds. The number of aromatic carboxylic acids is 1. The lowest BCUT2D eigenvalue weighted by Gasteiger charge is -2.17. The molecule has 7 nitrogen and oxygen atoms in total. The molecule has 1 atom stereocenters. The highest BCUT2D eigenvalue weighted by atomic mass is 32.2. The largest absolute Gasteiger partial charge is 0.483 e. The maximum absolute atomic E-state index is 13.8. The van der Waals surface area contributed by atoms with E-state index >= 15 is 0 Å². The highest BCUT2D eigenvalue weighted by Gasteiger charge is 2.19. The van der Waals surface area contributed by atoms with Crippen LogP contribution in [0.5, 0.6) is 5.75 Å². The van der Waals surface area contributed by atoms with Crippen LogP contribution in [-0.2, 0) is 17.1 Å². The molecule has 0 spiro atoms. The number of carboxylic acid groups (broad SMARTS) is 1. The molecule has 0 aliphatic rings. The molecule has 3 aromatic rings. The number of aromatic nitrogens is 3. The Morgan fingerprint density at radius 3 is 2.60 bits per heavy atom. The van der Waals surface area contributed by atoms with Crippen LogP contribution in [0.4, 0.5) is 4.39 Å². The number of hydrogen-bond acceptors (Lipinski definition) is 6. The van der Waals surface area contributed by atoms with Gasteiger partial charge in [-0.25, -0.2) is 9.18 Å². The summed E-state index contributed by atoms with van der Waals surface area (Å²) < 4.78 is 26.6. The Hall–Kier alpha value is -2.91. The standard InChI is InChI=1S/C21H22FN3O4S/c1-14(11-28-2)25-19(12-29-18-6-4-3-5-17(18)22)23-24-21(25)30-13-15-7-9-16(10-8-15)20(26)27/h3-10,14H,11-13H2,1-2H3,(H,26,27). The van der Waals surface area contributed by atoms with Crippen molar-refractivity contribution in [2.75, 3.05) is 13.7 Å². The van der Waals surface area contributed by atoms with Crippen molar-refractivity contribution in [2.45, 2.75) is 30.5 Å². The Bertz CT molecular complexity index is 994. The molecular formula is C21H22FN3O4S. The van der Waals surface area contributed by atoms with Gasteiger partial charge in [0.15, 0.2) is 22.5 Å². The second-order valence-electron chi connectivity index (χ2n) is 6.58. The Morgan fingerprint density at radius 2 is 1.93 bits per heavy atom. The van der Waals surface area contributed by atoms with E-state index < -0.39 is 11.8 Å². The summed E-state index contributed by atoms with van der Waals surface area (Å²) in [5, 5.41) is 18.2. The third-order valence-corrected chi connectivity index (χ3v) is 5.36. The van der Waals surface area contributed by atoms with Gasteiger partial charge >= 0.3 is 5.97 Å².